The third-order valence-corrected chi connectivity index (χ3v) is 2.98. The maximum absolute atomic E-state index is 11.8. The van der Waals surface area contributed by atoms with Crippen LogP contribution in [0, 0.1) is 0 Å². The molecule has 1 unspecified atom stereocenters. The summed E-state index contributed by atoms with van der Waals surface area (Å²) < 4.78 is 5.26. The number of ether oxygens (including phenoxy) is 1. The highest BCUT2D eigenvalue weighted by molar-refractivity contribution is 5.86. The summed E-state index contributed by atoms with van der Waals surface area (Å²) >= 11 is 0. The molecule has 0 spiro atoms. The monoisotopic (exact) mass is 251 g/mol. The first-order valence-corrected chi connectivity index (χ1v) is 5.75. The van der Waals surface area contributed by atoms with Gasteiger partial charge in [0, 0.05) is 20.6 Å². The van der Waals surface area contributed by atoms with Gasteiger partial charge in [0.15, 0.2) is 11.6 Å². The average molecular weight is 251 g/mol. The van der Waals surface area contributed by atoms with Crippen LogP contribution in [0.5, 0.6) is 5.75 Å². The number of likely N-dealkylation sites (tertiary alicyclic amines) is 1. The highest BCUT2D eigenvalue weighted by Gasteiger charge is 2.30. The van der Waals surface area contributed by atoms with Crippen LogP contribution in [0.4, 0.5) is 11.6 Å². The fourth-order valence-corrected chi connectivity index (χ4v) is 1.97. The van der Waals surface area contributed by atoms with Crippen molar-refractivity contribution in [2.24, 2.45) is 0 Å². The summed E-state index contributed by atoms with van der Waals surface area (Å²) in [7, 11) is 5.09. The number of rotatable bonds is 4. The zero-order chi connectivity index (χ0) is 13.1. The van der Waals surface area contributed by atoms with Gasteiger partial charge in [-0.15, -0.1) is 0 Å². The van der Waals surface area contributed by atoms with Gasteiger partial charge in [-0.2, -0.15) is 0 Å². The van der Waals surface area contributed by atoms with E-state index in [9.17, 15) is 4.79 Å². The van der Waals surface area contributed by atoms with Crippen molar-refractivity contribution in [1.82, 2.24) is 14.9 Å². The number of anilines is 2. The summed E-state index contributed by atoms with van der Waals surface area (Å²) in [6.07, 6.45) is 2.19. The number of hydrogen-bond donors (Lipinski definition) is 2. The van der Waals surface area contributed by atoms with E-state index in [0.717, 1.165) is 13.0 Å². The van der Waals surface area contributed by atoms with Crippen molar-refractivity contribution in [1.29, 1.82) is 0 Å². The molecule has 1 aromatic rings. The van der Waals surface area contributed by atoms with Crippen molar-refractivity contribution in [3.05, 3.63) is 6.33 Å². The van der Waals surface area contributed by atoms with E-state index in [4.69, 9.17) is 4.74 Å². The molecule has 2 rings (SSSR count). The summed E-state index contributed by atoms with van der Waals surface area (Å²) in [6.45, 7) is 0.753. The zero-order valence-electron chi connectivity index (χ0n) is 10.7. The number of hydrogen-bond acceptors (Lipinski definition) is 6. The van der Waals surface area contributed by atoms with E-state index in [2.05, 4.69) is 20.6 Å². The Balaban J connectivity index is 2.21. The Bertz CT molecular complexity index is 451. The molecule has 0 aromatic carbocycles. The molecule has 18 heavy (non-hydrogen) atoms. The number of aromatic nitrogens is 2. The second-order valence-electron chi connectivity index (χ2n) is 4.10. The first-order valence-electron chi connectivity index (χ1n) is 5.75. The van der Waals surface area contributed by atoms with Crippen LogP contribution in [-0.4, -0.2) is 54.6 Å². The maximum Gasteiger partial charge on any atom is 0.244 e. The van der Waals surface area contributed by atoms with Crippen LogP contribution in [0.25, 0.3) is 0 Å². The summed E-state index contributed by atoms with van der Waals surface area (Å²) in [4.78, 5) is 21.7. The fraction of sp³-hybridized carbons (Fsp3) is 0.545. The summed E-state index contributed by atoms with van der Waals surface area (Å²) in [5, 5.41) is 6.03. The average Bonchev–Trinajstić information content (AvgIpc) is 2.70. The van der Waals surface area contributed by atoms with E-state index in [1.54, 1.807) is 26.1 Å². The van der Waals surface area contributed by atoms with E-state index in [0.29, 0.717) is 17.4 Å². The van der Waals surface area contributed by atoms with Crippen LogP contribution in [0.1, 0.15) is 6.42 Å². The van der Waals surface area contributed by atoms with Crippen LogP contribution >= 0.6 is 0 Å². The summed E-state index contributed by atoms with van der Waals surface area (Å²) in [6, 6.07) is -0.247. The number of carbonyl (C=O) groups is 1. The molecule has 7 nitrogen and oxygen atoms in total. The molecular formula is C11H17N5O2. The van der Waals surface area contributed by atoms with E-state index < -0.39 is 0 Å². The van der Waals surface area contributed by atoms with Gasteiger partial charge in [-0.25, -0.2) is 9.97 Å². The Hall–Kier alpha value is -2.05. The van der Waals surface area contributed by atoms with Crippen LogP contribution in [0.15, 0.2) is 6.33 Å². The van der Waals surface area contributed by atoms with Gasteiger partial charge < -0.3 is 20.3 Å². The number of carbonyl (C=O) groups excluding carboxylic acids is 1. The van der Waals surface area contributed by atoms with Crippen molar-refractivity contribution in [3.8, 4) is 5.75 Å². The van der Waals surface area contributed by atoms with Gasteiger partial charge in [0.2, 0.25) is 11.7 Å². The van der Waals surface area contributed by atoms with Gasteiger partial charge >= 0.3 is 0 Å². The lowest BCUT2D eigenvalue weighted by Gasteiger charge is -2.16. The molecule has 98 valence electrons. The normalized spacial score (nSPS) is 18.9. The van der Waals surface area contributed by atoms with E-state index in [1.165, 1.54) is 6.33 Å². The predicted molar refractivity (Wildman–Crippen MR) is 67.8 cm³/mol. The molecule has 1 atom stereocenters. The quantitative estimate of drug-likeness (QED) is 0.794. The first kappa shape index (κ1) is 12.4. The molecule has 1 saturated heterocycles. The van der Waals surface area contributed by atoms with Gasteiger partial charge in [0.25, 0.3) is 0 Å². The lowest BCUT2D eigenvalue weighted by atomic mass is 10.2. The number of amides is 1. The third kappa shape index (κ3) is 2.15. The smallest absolute Gasteiger partial charge is 0.244 e. The molecule has 2 heterocycles. The molecule has 1 aliphatic heterocycles. The molecule has 1 aromatic heterocycles. The van der Waals surface area contributed by atoms with Crippen molar-refractivity contribution < 1.29 is 9.53 Å². The molecule has 0 saturated carbocycles. The molecule has 0 radical (unpaired) electrons. The van der Waals surface area contributed by atoms with Crippen molar-refractivity contribution in [3.63, 3.8) is 0 Å². The lowest BCUT2D eigenvalue weighted by Crippen LogP contribution is -2.31. The lowest BCUT2D eigenvalue weighted by molar-refractivity contribution is -0.127. The topological polar surface area (TPSA) is 79.4 Å². The molecule has 0 bridgehead atoms. The second-order valence-corrected chi connectivity index (χ2v) is 4.10. The Kier molecular flexibility index (Phi) is 3.50. The zero-order valence-corrected chi connectivity index (χ0v) is 10.7. The van der Waals surface area contributed by atoms with Crippen LogP contribution < -0.4 is 15.4 Å². The van der Waals surface area contributed by atoms with Gasteiger partial charge in [0.05, 0.1) is 7.11 Å². The van der Waals surface area contributed by atoms with Crippen molar-refractivity contribution >= 4 is 17.5 Å². The summed E-state index contributed by atoms with van der Waals surface area (Å²) in [5.41, 5.74) is 0. The standard InChI is InChI=1S/C11H17N5O2/c1-12-9-8(18-3)10(14-6-13-9)15-7-4-5-16(2)11(7)17/h6-7H,4-5H2,1-3H3,(H2,12,13,14,15). The minimum Gasteiger partial charge on any atom is -0.490 e. The highest BCUT2D eigenvalue weighted by Crippen LogP contribution is 2.29. The molecule has 7 heteroatoms. The molecule has 1 amide bonds. The minimum atomic E-state index is -0.247. The number of nitrogens with zero attached hydrogens (tertiary/aromatic N) is 3. The van der Waals surface area contributed by atoms with Gasteiger partial charge in [0.1, 0.15) is 12.4 Å². The Labute approximate surface area is 106 Å². The van der Waals surface area contributed by atoms with Crippen molar-refractivity contribution in [2.75, 3.05) is 38.4 Å². The second kappa shape index (κ2) is 5.07. The number of nitrogens with one attached hydrogen (secondary N) is 2. The SMILES string of the molecule is CNc1ncnc(NC2CCN(C)C2=O)c1OC. The van der Waals surface area contributed by atoms with E-state index >= 15 is 0 Å². The Morgan fingerprint density at radius 3 is 2.72 bits per heavy atom. The van der Waals surface area contributed by atoms with Crippen LogP contribution in [0.3, 0.4) is 0 Å². The first-order chi connectivity index (χ1) is 8.67. The molecule has 0 aliphatic carbocycles. The van der Waals surface area contributed by atoms with E-state index in [-0.39, 0.29) is 11.9 Å². The third-order valence-electron chi connectivity index (χ3n) is 2.98. The van der Waals surface area contributed by atoms with Gasteiger partial charge in [-0.3, -0.25) is 4.79 Å². The largest absolute Gasteiger partial charge is 0.490 e. The molecule has 2 N–H and O–H groups in total. The summed E-state index contributed by atoms with van der Waals surface area (Å²) in [5.74, 6) is 1.71. The van der Waals surface area contributed by atoms with Crippen molar-refractivity contribution in [2.45, 2.75) is 12.5 Å². The fourth-order valence-electron chi connectivity index (χ4n) is 1.97. The van der Waals surface area contributed by atoms with E-state index in [1.807, 2.05) is 0 Å². The minimum absolute atomic E-state index is 0.0710. The number of likely N-dealkylation sites (N-methyl/N-ethyl adjacent to an activating group) is 1. The highest BCUT2D eigenvalue weighted by atomic mass is 16.5. The van der Waals surface area contributed by atoms with Gasteiger partial charge in [-0.05, 0) is 6.42 Å². The van der Waals surface area contributed by atoms with Crippen LogP contribution in [0.2, 0.25) is 0 Å². The van der Waals surface area contributed by atoms with Gasteiger partial charge in [-0.1, -0.05) is 0 Å². The predicted octanol–water partition coefficient (Wildman–Crippen LogP) is 0.169. The maximum atomic E-state index is 11.8. The molecule has 1 aliphatic rings. The number of methoxy groups -OCH3 is 1. The van der Waals surface area contributed by atoms with Crippen LogP contribution in [-0.2, 0) is 4.79 Å². The molecular weight excluding hydrogens is 234 g/mol. The Morgan fingerprint density at radius 2 is 2.17 bits per heavy atom. The Morgan fingerprint density at radius 1 is 1.44 bits per heavy atom. The molecule has 1 fully saturated rings.